The molecule has 32 heavy (non-hydrogen) atoms. The third kappa shape index (κ3) is 5.77. The van der Waals surface area contributed by atoms with E-state index in [1.807, 2.05) is 36.4 Å². The monoisotopic (exact) mass is 434 g/mol. The molecular formula is C27H34N2O3. The number of anilines is 1. The number of ether oxygens (including phenoxy) is 1. The lowest BCUT2D eigenvalue weighted by Crippen LogP contribution is -2.40. The number of amides is 1. The first-order valence-electron chi connectivity index (χ1n) is 11.9. The highest BCUT2D eigenvalue weighted by Gasteiger charge is 2.26. The maximum absolute atomic E-state index is 12.8. The summed E-state index contributed by atoms with van der Waals surface area (Å²) in [6, 6.07) is 15.7. The zero-order chi connectivity index (χ0) is 22.3. The Balaban J connectivity index is 1.22. The van der Waals surface area contributed by atoms with E-state index < -0.39 is 0 Å². The van der Waals surface area contributed by atoms with Crippen LogP contribution in [0.1, 0.15) is 66.8 Å². The van der Waals surface area contributed by atoms with Crippen molar-refractivity contribution in [2.45, 2.75) is 50.9 Å². The molecule has 5 nitrogen and oxygen atoms in total. The number of nitrogens with zero attached hydrogens (tertiary/aromatic N) is 1. The molecule has 0 atom stereocenters. The molecule has 0 aromatic heterocycles. The first-order valence-corrected chi connectivity index (χ1v) is 11.9. The van der Waals surface area contributed by atoms with Gasteiger partial charge in [-0.15, -0.1) is 0 Å². The molecule has 2 aliphatic rings. The Kier molecular flexibility index (Phi) is 7.59. The molecule has 1 saturated carbocycles. The molecule has 170 valence electrons. The number of carbonyl (C=O) groups is 2. The number of hydrogen-bond donors (Lipinski definition) is 1. The van der Waals surface area contributed by atoms with E-state index in [2.05, 4.69) is 22.3 Å². The summed E-state index contributed by atoms with van der Waals surface area (Å²) >= 11 is 0. The van der Waals surface area contributed by atoms with E-state index in [0.29, 0.717) is 12.5 Å². The number of piperidine rings is 1. The molecule has 0 unspecified atom stereocenters. The molecule has 1 saturated heterocycles. The molecule has 0 spiro atoms. The highest BCUT2D eigenvalue weighted by molar-refractivity contribution is 5.98. The summed E-state index contributed by atoms with van der Waals surface area (Å²) in [5, 5.41) is 3.03. The quantitative estimate of drug-likeness (QED) is 0.603. The van der Waals surface area contributed by atoms with Gasteiger partial charge in [0.2, 0.25) is 5.91 Å². The van der Waals surface area contributed by atoms with Crippen LogP contribution < -0.4 is 10.1 Å². The standard InChI is InChI=1S/C27H34N2O3/c1-32-25-13-9-22(10-14-25)27(31)23-15-17-29(18-16-23)19-26(30)28-24-11-7-21(8-12-24)20-5-3-2-4-6-20/h7-14,20,23H,2-6,15-19H2,1H3,(H,28,30). The Labute approximate surface area is 191 Å². The topological polar surface area (TPSA) is 58.6 Å². The van der Waals surface area contributed by atoms with Crippen LogP contribution in [0.4, 0.5) is 5.69 Å². The Morgan fingerprint density at radius 1 is 0.906 bits per heavy atom. The average molecular weight is 435 g/mol. The number of Topliss-reactive ketones (excluding diaryl/α,β-unsaturated/α-hetero) is 1. The highest BCUT2D eigenvalue weighted by Crippen LogP contribution is 2.33. The summed E-state index contributed by atoms with van der Waals surface area (Å²) in [6.07, 6.45) is 8.14. The first-order chi connectivity index (χ1) is 15.6. The van der Waals surface area contributed by atoms with Crippen molar-refractivity contribution in [3.05, 3.63) is 59.7 Å². The van der Waals surface area contributed by atoms with Gasteiger partial charge < -0.3 is 10.1 Å². The molecule has 0 bridgehead atoms. The van der Waals surface area contributed by atoms with E-state index in [0.717, 1.165) is 42.9 Å². The van der Waals surface area contributed by atoms with E-state index in [-0.39, 0.29) is 17.6 Å². The van der Waals surface area contributed by atoms with E-state index in [9.17, 15) is 9.59 Å². The second kappa shape index (κ2) is 10.8. The normalized spacial score (nSPS) is 18.3. The van der Waals surface area contributed by atoms with Gasteiger partial charge in [-0.2, -0.15) is 0 Å². The van der Waals surface area contributed by atoms with Crippen molar-refractivity contribution in [1.29, 1.82) is 0 Å². The van der Waals surface area contributed by atoms with Gasteiger partial charge in [0.15, 0.2) is 5.78 Å². The van der Waals surface area contributed by atoms with Gasteiger partial charge in [0, 0.05) is 17.2 Å². The summed E-state index contributed by atoms with van der Waals surface area (Å²) in [7, 11) is 1.62. The van der Waals surface area contributed by atoms with Gasteiger partial charge in [-0.1, -0.05) is 31.4 Å². The SMILES string of the molecule is COc1ccc(C(=O)C2CCN(CC(=O)Nc3ccc(C4CCCCC4)cc3)CC2)cc1. The average Bonchev–Trinajstić information content (AvgIpc) is 2.85. The number of nitrogens with one attached hydrogen (secondary N) is 1. The number of ketones is 1. The molecule has 1 heterocycles. The number of methoxy groups -OCH3 is 1. The molecule has 2 aromatic rings. The van der Waals surface area contributed by atoms with Crippen LogP contribution in [0.2, 0.25) is 0 Å². The Morgan fingerprint density at radius 2 is 1.56 bits per heavy atom. The summed E-state index contributed by atoms with van der Waals surface area (Å²) < 4.78 is 5.17. The lowest BCUT2D eigenvalue weighted by molar-refractivity contribution is -0.117. The van der Waals surface area contributed by atoms with Gasteiger partial charge in [-0.05, 0) is 86.7 Å². The van der Waals surface area contributed by atoms with E-state index in [1.54, 1.807) is 7.11 Å². The molecule has 4 rings (SSSR count). The highest BCUT2D eigenvalue weighted by atomic mass is 16.5. The Morgan fingerprint density at radius 3 is 2.19 bits per heavy atom. The molecule has 5 heteroatoms. The van der Waals surface area contributed by atoms with Gasteiger partial charge in [0.05, 0.1) is 13.7 Å². The van der Waals surface area contributed by atoms with Crippen molar-refractivity contribution in [2.75, 3.05) is 32.1 Å². The van der Waals surface area contributed by atoms with Gasteiger partial charge >= 0.3 is 0 Å². The largest absolute Gasteiger partial charge is 0.497 e. The molecule has 1 aliphatic carbocycles. The minimum Gasteiger partial charge on any atom is -0.497 e. The molecule has 1 aliphatic heterocycles. The lowest BCUT2D eigenvalue weighted by Gasteiger charge is -2.30. The van der Waals surface area contributed by atoms with Crippen molar-refractivity contribution in [3.63, 3.8) is 0 Å². The van der Waals surface area contributed by atoms with Crippen LogP contribution in [-0.4, -0.2) is 43.3 Å². The molecule has 2 fully saturated rings. The minimum absolute atomic E-state index is 0.00958. The van der Waals surface area contributed by atoms with Crippen LogP contribution in [0.3, 0.4) is 0 Å². The van der Waals surface area contributed by atoms with Crippen molar-refractivity contribution < 1.29 is 14.3 Å². The lowest BCUT2D eigenvalue weighted by atomic mass is 9.84. The molecule has 0 radical (unpaired) electrons. The van der Waals surface area contributed by atoms with Crippen molar-refractivity contribution in [1.82, 2.24) is 4.90 Å². The number of benzene rings is 2. The molecule has 1 N–H and O–H groups in total. The summed E-state index contributed by atoms with van der Waals surface area (Å²) in [5.41, 5.74) is 2.99. The van der Waals surface area contributed by atoms with Gasteiger partial charge in [0.1, 0.15) is 5.75 Å². The smallest absolute Gasteiger partial charge is 0.238 e. The molecule has 1 amide bonds. The number of carbonyl (C=O) groups excluding carboxylic acids is 2. The first kappa shape index (κ1) is 22.5. The third-order valence-corrected chi connectivity index (χ3v) is 6.97. The van der Waals surface area contributed by atoms with Crippen LogP contribution in [0, 0.1) is 5.92 Å². The predicted octanol–water partition coefficient (Wildman–Crippen LogP) is 5.28. The zero-order valence-electron chi connectivity index (χ0n) is 19.0. The van der Waals surface area contributed by atoms with Crippen LogP contribution in [0.15, 0.2) is 48.5 Å². The summed E-state index contributed by atoms with van der Waals surface area (Å²) in [6.45, 7) is 1.90. The third-order valence-electron chi connectivity index (χ3n) is 6.97. The fourth-order valence-corrected chi connectivity index (χ4v) is 5.02. The summed E-state index contributed by atoms with van der Waals surface area (Å²) in [4.78, 5) is 27.4. The predicted molar refractivity (Wildman–Crippen MR) is 127 cm³/mol. The van der Waals surface area contributed by atoms with Crippen molar-refractivity contribution >= 4 is 17.4 Å². The van der Waals surface area contributed by atoms with Crippen molar-refractivity contribution in [3.8, 4) is 5.75 Å². The summed E-state index contributed by atoms with van der Waals surface area (Å²) in [5.74, 6) is 1.65. The fourth-order valence-electron chi connectivity index (χ4n) is 5.02. The van der Waals surface area contributed by atoms with Gasteiger partial charge in [-0.25, -0.2) is 0 Å². The van der Waals surface area contributed by atoms with E-state index >= 15 is 0 Å². The van der Waals surface area contributed by atoms with Crippen LogP contribution in [-0.2, 0) is 4.79 Å². The van der Waals surface area contributed by atoms with E-state index in [1.165, 1.54) is 37.7 Å². The van der Waals surface area contributed by atoms with E-state index in [4.69, 9.17) is 4.74 Å². The molecule has 2 aromatic carbocycles. The second-order valence-corrected chi connectivity index (χ2v) is 9.15. The maximum Gasteiger partial charge on any atom is 0.238 e. The maximum atomic E-state index is 12.8. The number of hydrogen-bond acceptors (Lipinski definition) is 4. The van der Waals surface area contributed by atoms with Crippen LogP contribution in [0.25, 0.3) is 0 Å². The van der Waals surface area contributed by atoms with Gasteiger partial charge in [0.25, 0.3) is 0 Å². The Hall–Kier alpha value is -2.66. The number of likely N-dealkylation sites (tertiary alicyclic amines) is 1. The van der Waals surface area contributed by atoms with Crippen LogP contribution >= 0.6 is 0 Å². The minimum atomic E-state index is 0.00958. The zero-order valence-corrected chi connectivity index (χ0v) is 19.0. The second-order valence-electron chi connectivity index (χ2n) is 9.15. The van der Waals surface area contributed by atoms with Crippen molar-refractivity contribution in [2.24, 2.45) is 5.92 Å². The van der Waals surface area contributed by atoms with Gasteiger partial charge in [-0.3, -0.25) is 14.5 Å². The molecular weight excluding hydrogens is 400 g/mol. The number of rotatable bonds is 7. The fraction of sp³-hybridized carbons (Fsp3) is 0.481. The Bertz CT molecular complexity index is 894. The van der Waals surface area contributed by atoms with Crippen LogP contribution in [0.5, 0.6) is 5.75 Å².